The average Bonchev–Trinajstić information content (AvgIpc) is 3.33. The normalized spacial score (nSPS) is 13.0. The van der Waals surface area contributed by atoms with E-state index in [9.17, 15) is 14.4 Å². The van der Waals surface area contributed by atoms with Crippen LogP contribution in [0, 0.1) is 0 Å². The van der Waals surface area contributed by atoms with Crippen LogP contribution in [0.4, 0.5) is 10.6 Å². The van der Waals surface area contributed by atoms with Crippen molar-refractivity contribution in [3.63, 3.8) is 0 Å². The lowest BCUT2D eigenvalue weighted by Crippen LogP contribution is -2.34. The molecule has 34 heavy (non-hydrogen) atoms. The molecule has 0 fully saturated rings. The van der Waals surface area contributed by atoms with Gasteiger partial charge in [-0.25, -0.2) is 4.79 Å². The van der Waals surface area contributed by atoms with Crippen molar-refractivity contribution in [2.45, 2.75) is 31.7 Å². The fraction of sp³-hybridized carbons (Fsp3) is 0.280. The number of aryl methyl sites for hydroxylation is 1. The second-order valence-corrected chi connectivity index (χ2v) is 8.30. The first kappa shape index (κ1) is 23.0. The maximum Gasteiger partial charge on any atom is 0.412 e. The second-order valence-electron chi connectivity index (χ2n) is 8.30. The molecule has 3 aromatic rings. The molecule has 176 valence electrons. The number of anilines is 1. The maximum absolute atomic E-state index is 12.5. The summed E-state index contributed by atoms with van der Waals surface area (Å²) in [7, 11) is 1.58. The molecule has 2 aromatic carbocycles. The number of ether oxygens (including phenoxy) is 1. The van der Waals surface area contributed by atoms with E-state index in [-0.39, 0.29) is 36.5 Å². The van der Waals surface area contributed by atoms with Crippen molar-refractivity contribution in [2.75, 3.05) is 11.9 Å². The summed E-state index contributed by atoms with van der Waals surface area (Å²) in [5.74, 6) is -1.21. The van der Waals surface area contributed by atoms with Gasteiger partial charge in [-0.15, -0.1) is 0 Å². The van der Waals surface area contributed by atoms with Crippen LogP contribution < -0.4 is 10.6 Å². The Balaban J connectivity index is 1.36. The number of hydrogen-bond donors (Lipinski definition) is 3. The van der Waals surface area contributed by atoms with E-state index in [1.54, 1.807) is 14.0 Å². The van der Waals surface area contributed by atoms with Crippen LogP contribution in [0.3, 0.4) is 0 Å². The van der Waals surface area contributed by atoms with Gasteiger partial charge in [-0.2, -0.15) is 5.10 Å². The van der Waals surface area contributed by atoms with Gasteiger partial charge in [0.2, 0.25) is 0 Å². The second kappa shape index (κ2) is 9.78. The molecule has 4 rings (SSSR count). The number of carbonyl (C=O) groups excluding carboxylic acids is 2. The highest BCUT2D eigenvalue weighted by molar-refractivity contribution is 5.94. The molecular formula is C25H26N4O5. The van der Waals surface area contributed by atoms with E-state index in [0.29, 0.717) is 6.42 Å². The number of benzene rings is 2. The van der Waals surface area contributed by atoms with Crippen LogP contribution in [0.15, 0.2) is 54.6 Å². The summed E-state index contributed by atoms with van der Waals surface area (Å²) in [6.45, 7) is 1.90. The van der Waals surface area contributed by atoms with Gasteiger partial charge in [-0.05, 0) is 35.6 Å². The van der Waals surface area contributed by atoms with Gasteiger partial charge in [0.15, 0.2) is 5.82 Å². The van der Waals surface area contributed by atoms with Gasteiger partial charge in [0.05, 0.1) is 0 Å². The maximum atomic E-state index is 12.5. The Hall–Kier alpha value is -4.14. The van der Waals surface area contributed by atoms with E-state index in [4.69, 9.17) is 9.84 Å². The van der Waals surface area contributed by atoms with Crippen LogP contribution in [0.5, 0.6) is 0 Å². The van der Waals surface area contributed by atoms with Gasteiger partial charge in [-0.3, -0.25) is 19.6 Å². The lowest BCUT2D eigenvalue weighted by atomic mass is 9.98. The van der Waals surface area contributed by atoms with Gasteiger partial charge in [0, 0.05) is 31.5 Å². The zero-order valence-corrected chi connectivity index (χ0v) is 18.9. The molecule has 1 atom stereocenters. The number of rotatable bonds is 8. The molecule has 0 radical (unpaired) electrons. The molecule has 9 nitrogen and oxygen atoms in total. The largest absolute Gasteiger partial charge is 0.481 e. The zero-order chi connectivity index (χ0) is 24.2. The molecule has 2 amide bonds. The molecule has 1 heterocycles. The monoisotopic (exact) mass is 462 g/mol. The molecule has 0 spiro atoms. The van der Waals surface area contributed by atoms with Crippen molar-refractivity contribution in [3.05, 3.63) is 71.4 Å². The standard InChI is InChI=1S/C25H26N4O5/c1-15(11-12-23(30)31)26-24(32)21-13-22(28-29(21)2)27-25(33)34-14-20-18-9-5-3-7-16(18)17-8-4-6-10-19(17)20/h3-10,13,15,20H,11-12,14H2,1-2H3,(H,26,32)(H,30,31)(H,27,28,33). The van der Waals surface area contributed by atoms with Crippen molar-refractivity contribution >= 4 is 23.8 Å². The van der Waals surface area contributed by atoms with Gasteiger partial charge >= 0.3 is 12.1 Å². The number of carboxylic acids is 1. The predicted molar refractivity (Wildman–Crippen MR) is 126 cm³/mol. The number of aromatic nitrogens is 2. The molecule has 1 unspecified atom stereocenters. The lowest BCUT2D eigenvalue weighted by molar-refractivity contribution is -0.137. The fourth-order valence-electron chi connectivity index (χ4n) is 4.19. The molecule has 0 saturated heterocycles. The van der Waals surface area contributed by atoms with Gasteiger partial charge < -0.3 is 15.2 Å². The van der Waals surface area contributed by atoms with Crippen LogP contribution >= 0.6 is 0 Å². The molecule has 0 saturated carbocycles. The summed E-state index contributed by atoms with van der Waals surface area (Å²) in [6.07, 6.45) is -0.396. The Kier molecular flexibility index (Phi) is 6.62. The summed E-state index contributed by atoms with van der Waals surface area (Å²) >= 11 is 0. The van der Waals surface area contributed by atoms with E-state index in [1.165, 1.54) is 10.7 Å². The van der Waals surface area contributed by atoms with Crippen molar-refractivity contribution in [3.8, 4) is 11.1 Å². The topological polar surface area (TPSA) is 123 Å². The highest BCUT2D eigenvalue weighted by Crippen LogP contribution is 2.44. The number of hydrogen-bond acceptors (Lipinski definition) is 5. The van der Waals surface area contributed by atoms with Crippen molar-refractivity contribution < 1.29 is 24.2 Å². The van der Waals surface area contributed by atoms with Crippen LogP contribution in [0.25, 0.3) is 11.1 Å². The van der Waals surface area contributed by atoms with Crippen LogP contribution in [0.1, 0.15) is 47.3 Å². The molecule has 1 aliphatic rings. The minimum atomic E-state index is -0.920. The molecule has 0 aliphatic heterocycles. The molecule has 1 aliphatic carbocycles. The highest BCUT2D eigenvalue weighted by Gasteiger charge is 2.29. The minimum Gasteiger partial charge on any atom is -0.481 e. The number of carboxylic acid groups (broad SMARTS) is 1. The van der Waals surface area contributed by atoms with E-state index >= 15 is 0 Å². The van der Waals surface area contributed by atoms with Crippen molar-refractivity contribution in [2.24, 2.45) is 7.05 Å². The summed E-state index contributed by atoms with van der Waals surface area (Å²) in [5, 5.41) is 18.2. The number of nitrogens with one attached hydrogen (secondary N) is 2. The summed E-state index contributed by atoms with van der Waals surface area (Å²) in [5.41, 5.74) is 4.75. The van der Waals surface area contributed by atoms with E-state index in [1.807, 2.05) is 36.4 Å². The minimum absolute atomic E-state index is 0.0403. The third-order valence-corrected chi connectivity index (χ3v) is 5.85. The van der Waals surface area contributed by atoms with Gasteiger partial charge in [-0.1, -0.05) is 48.5 Å². The van der Waals surface area contributed by atoms with Crippen molar-refractivity contribution in [1.29, 1.82) is 0 Å². The Morgan fingerprint density at radius 3 is 2.32 bits per heavy atom. The van der Waals surface area contributed by atoms with Crippen LogP contribution in [-0.4, -0.2) is 45.5 Å². The predicted octanol–water partition coefficient (Wildman–Crippen LogP) is 3.76. The Morgan fingerprint density at radius 1 is 1.09 bits per heavy atom. The van der Waals surface area contributed by atoms with Gasteiger partial charge in [0.1, 0.15) is 12.3 Å². The smallest absolute Gasteiger partial charge is 0.412 e. The number of nitrogens with zero attached hydrogens (tertiary/aromatic N) is 2. The number of fused-ring (bicyclic) bond motifs is 3. The fourth-order valence-corrected chi connectivity index (χ4v) is 4.19. The number of aliphatic carboxylic acids is 1. The summed E-state index contributed by atoms with van der Waals surface area (Å²) in [4.78, 5) is 35.7. The first-order valence-electron chi connectivity index (χ1n) is 11.0. The Bertz CT molecular complexity index is 1190. The van der Waals surface area contributed by atoms with E-state index in [0.717, 1.165) is 22.3 Å². The Morgan fingerprint density at radius 2 is 1.71 bits per heavy atom. The SMILES string of the molecule is CC(CCC(=O)O)NC(=O)c1cc(NC(=O)OCC2c3ccccc3-c3ccccc32)nn1C. The average molecular weight is 463 g/mol. The number of amides is 2. The highest BCUT2D eigenvalue weighted by atomic mass is 16.5. The summed E-state index contributed by atoms with van der Waals surface area (Å²) in [6, 6.07) is 17.3. The first-order valence-corrected chi connectivity index (χ1v) is 11.0. The third-order valence-electron chi connectivity index (χ3n) is 5.85. The summed E-state index contributed by atoms with van der Waals surface area (Å²) < 4.78 is 6.86. The quantitative estimate of drug-likeness (QED) is 0.468. The van der Waals surface area contributed by atoms with Gasteiger partial charge in [0.25, 0.3) is 5.91 Å². The molecule has 0 bridgehead atoms. The molecule has 3 N–H and O–H groups in total. The van der Waals surface area contributed by atoms with E-state index < -0.39 is 18.0 Å². The molecule has 1 aromatic heterocycles. The van der Waals surface area contributed by atoms with Crippen LogP contribution in [0.2, 0.25) is 0 Å². The van der Waals surface area contributed by atoms with Crippen molar-refractivity contribution in [1.82, 2.24) is 15.1 Å². The third kappa shape index (κ3) is 4.93. The Labute approximate surface area is 196 Å². The van der Waals surface area contributed by atoms with E-state index in [2.05, 4.69) is 27.9 Å². The van der Waals surface area contributed by atoms with Crippen LogP contribution in [-0.2, 0) is 16.6 Å². The molecular weight excluding hydrogens is 436 g/mol. The molecule has 9 heteroatoms. The zero-order valence-electron chi connectivity index (χ0n) is 18.9. The number of carbonyl (C=O) groups is 3. The lowest BCUT2D eigenvalue weighted by Gasteiger charge is -2.14. The first-order chi connectivity index (χ1) is 16.3.